The maximum atomic E-state index is 13.2. The van der Waals surface area contributed by atoms with Gasteiger partial charge < -0.3 is 25.2 Å². The van der Waals surface area contributed by atoms with E-state index in [0.29, 0.717) is 12.3 Å². The highest BCUT2D eigenvalue weighted by atomic mass is 35.5. The lowest BCUT2D eigenvalue weighted by Gasteiger charge is -2.17. The number of phenolic OH excluding ortho intramolecular Hbond substituents is 1. The molecule has 2 aromatic rings. The Morgan fingerprint density at radius 3 is 2.50 bits per heavy atom. The van der Waals surface area contributed by atoms with Gasteiger partial charge in [-0.05, 0) is 51.6 Å². The van der Waals surface area contributed by atoms with Crippen LogP contribution in [0, 0.1) is 0 Å². The van der Waals surface area contributed by atoms with Crippen LogP contribution < -0.4 is 15.4 Å². The number of carbonyl (C=O) groups is 2. The largest absolute Gasteiger partial charge is 0.505 e. The Morgan fingerprint density at radius 1 is 1.16 bits per heavy atom. The third kappa shape index (κ3) is 6.90. The summed E-state index contributed by atoms with van der Waals surface area (Å²) in [4.78, 5) is 24.9. The fraction of sp³-hybridized carbons (Fsp3) is 0.364. The fourth-order valence-electron chi connectivity index (χ4n) is 2.90. The maximum absolute atomic E-state index is 13.2. The number of rotatable bonds is 11. The molecule has 0 aliphatic carbocycles. The highest BCUT2D eigenvalue weighted by Crippen LogP contribution is 2.43. The van der Waals surface area contributed by atoms with E-state index < -0.39 is 23.5 Å². The molecule has 1 atom stereocenters. The smallest absolute Gasteiger partial charge is 0.327 e. The molecule has 0 saturated heterocycles. The van der Waals surface area contributed by atoms with Crippen LogP contribution >= 0.6 is 35.6 Å². The summed E-state index contributed by atoms with van der Waals surface area (Å²) in [5, 5.41) is 16.6. The predicted molar refractivity (Wildman–Crippen MR) is 129 cm³/mol. The van der Waals surface area contributed by atoms with Crippen LogP contribution in [-0.2, 0) is 9.53 Å². The average molecular weight is 506 g/mol. The fourth-order valence-corrected chi connectivity index (χ4v) is 3.46. The van der Waals surface area contributed by atoms with E-state index in [1.165, 1.54) is 13.2 Å². The highest BCUT2D eigenvalue weighted by molar-refractivity contribution is 6.39. The maximum Gasteiger partial charge on any atom is 0.327 e. The van der Waals surface area contributed by atoms with Crippen molar-refractivity contribution >= 4 is 53.0 Å². The van der Waals surface area contributed by atoms with Gasteiger partial charge in [0.15, 0.2) is 11.5 Å². The van der Waals surface area contributed by atoms with Crippen LogP contribution in [0.15, 0.2) is 30.3 Å². The molecule has 0 aromatic heterocycles. The summed E-state index contributed by atoms with van der Waals surface area (Å²) in [6.07, 6.45) is 1.68. The van der Waals surface area contributed by atoms with Crippen LogP contribution in [0.5, 0.6) is 11.5 Å². The Labute approximate surface area is 203 Å². The molecule has 0 spiro atoms. The molecule has 2 rings (SSSR count). The molecule has 0 heterocycles. The molecule has 2 aromatic carbocycles. The van der Waals surface area contributed by atoms with E-state index in [-0.39, 0.29) is 39.3 Å². The summed E-state index contributed by atoms with van der Waals surface area (Å²) in [7, 11) is 3.15. The van der Waals surface area contributed by atoms with Crippen molar-refractivity contribution in [3.05, 3.63) is 51.5 Å². The van der Waals surface area contributed by atoms with Crippen molar-refractivity contribution in [3.63, 3.8) is 0 Å². The van der Waals surface area contributed by atoms with E-state index in [1.54, 1.807) is 31.2 Å². The number of ketones is 1. The first-order valence-electron chi connectivity index (χ1n) is 9.78. The van der Waals surface area contributed by atoms with Gasteiger partial charge >= 0.3 is 5.97 Å². The van der Waals surface area contributed by atoms with Crippen LogP contribution in [0.1, 0.15) is 35.7 Å². The number of ether oxygens (including phenoxy) is 2. The number of unbranched alkanes of at least 4 members (excludes halogenated alkanes) is 1. The Bertz CT molecular complexity index is 940. The van der Waals surface area contributed by atoms with Crippen molar-refractivity contribution in [2.45, 2.75) is 25.8 Å². The zero-order valence-corrected chi connectivity index (χ0v) is 20.4. The Balaban J connectivity index is 0.00000512. The minimum atomic E-state index is -0.682. The number of aromatic hydroxyl groups is 1. The van der Waals surface area contributed by atoms with E-state index in [0.717, 1.165) is 19.4 Å². The number of halogens is 3. The number of esters is 1. The molecule has 0 aliphatic heterocycles. The standard InChI is InChI=1S/C22H26Cl2N2O5.ClH/c1-13(22(29)30-3)26-17-9-5-4-8-14(17)19(27)15-12-16(23)21(18(24)20(15)28)31-11-7-6-10-25-2;/h4-5,8-9,12-13,25-26,28H,6-7,10-11H2,1-3H3;1H. The summed E-state index contributed by atoms with van der Waals surface area (Å²) in [6, 6.07) is 7.25. The monoisotopic (exact) mass is 504 g/mol. The average Bonchev–Trinajstić information content (AvgIpc) is 2.77. The van der Waals surface area contributed by atoms with Crippen molar-refractivity contribution in [3.8, 4) is 11.5 Å². The molecule has 10 heteroatoms. The highest BCUT2D eigenvalue weighted by Gasteiger charge is 2.24. The van der Waals surface area contributed by atoms with Crippen LogP contribution in [0.2, 0.25) is 10.0 Å². The lowest BCUT2D eigenvalue weighted by atomic mass is 10.00. The van der Waals surface area contributed by atoms with Gasteiger partial charge in [-0.3, -0.25) is 4.79 Å². The minimum absolute atomic E-state index is 0. The second-order valence-corrected chi connectivity index (χ2v) is 7.61. The second-order valence-electron chi connectivity index (χ2n) is 6.82. The van der Waals surface area contributed by atoms with E-state index in [1.807, 2.05) is 7.05 Å². The molecule has 0 saturated carbocycles. The third-order valence-electron chi connectivity index (χ3n) is 4.56. The first-order chi connectivity index (χ1) is 14.8. The molecule has 32 heavy (non-hydrogen) atoms. The van der Waals surface area contributed by atoms with E-state index >= 15 is 0 Å². The van der Waals surface area contributed by atoms with Crippen molar-refractivity contribution in [1.29, 1.82) is 0 Å². The topological polar surface area (TPSA) is 96.9 Å². The first-order valence-corrected chi connectivity index (χ1v) is 10.5. The molecule has 0 radical (unpaired) electrons. The van der Waals surface area contributed by atoms with Crippen LogP contribution in [0.3, 0.4) is 0 Å². The van der Waals surface area contributed by atoms with Gasteiger partial charge in [-0.1, -0.05) is 35.3 Å². The minimum Gasteiger partial charge on any atom is -0.505 e. The normalized spacial score (nSPS) is 11.3. The number of carbonyl (C=O) groups excluding carboxylic acids is 2. The molecule has 176 valence electrons. The summed E-state index contributed by atoms with van der Waals surface area (Å²) in [5.74, 6) is -1.28. The number of phenols is 1. The lowest BCUT2D eigenvalue weighted by Crippen LogP contribution is -2.28. The van der Waals surface area contributed by atoms with Gasteiger partial charge in [-0.2, -0.15) is 0 Å². The van der Waals surface area contributed by atoms with Crippen molar-refractivity contribution < 1.29 is 24.2 Å². The van der Waals surface area contributed by atoms with Crippen molar-refractivity contribution in [2.75, 3.05) is 32.6 Å². The molecule has 0 amide bonds. The van der Waals surface area contributed by atoms with Gasteiger partial charge in [-0.15, -0.1) is 12.4 Å². The second kappa shape index (κ2) is 13.4. The van der Waals surface area contributed by atoms with Crippen molar-refractivity contribution in [2.24, 2.45) is 0 Å². The van der Waals surface area contributed by atoms with Gasteiger partial charge in [0.25, 0.3) is 0 Å². The van der Waals surface area contributed by atoms with Gasteiger partial charge in [0.1, 0.15) is 16.8 Å². The Hall–Kier alpha value is -2.19. The molecule has 7 nitrogen and oxygen atoms in total. The summed E-state index contributed by atoms with van der Waals surface area (Å²) >= 11 is 12.6. The SMILES string of the molecule is CNCCCCOc1c(Cl)cc(C(=O)c2ccccc2NC(C)C(=O)OC)c(O)c1Cl.Cl. The number of hydrogen-bond donors (Lipinski definition) is 3. The first kappa shape index (κ1) is 27.8. The Kier molecular flexibility index (Phi) is 11.6. The molecular formula is C22H27Cl3N2O5. The molecule has 0 fully saturated rings. The number of hydrogen-bond acceptors (Lipinski definition) is 7. The van der Waals surface area contributed by atoms with Crippen molar-refractivity contribution in [1.82, 2.24) is 5.32 Å². The van der Waals surface area contributed by atoms with Crippen LogP contribution in [0.4, 0.5) is 5.69 Å². The van der Waals surface area contributed by atoms with E-state index in [9.17, 15) is 14.7 Å². The van der Waals surface area contributed by atoms with E-state index in [2.05, 4.69) is 10.6 Å². The zero-order chi connectivity index (χ0) is 23.0. The van der Waals surface area contributed by atoms with Crippen LogP contribution in [0.25, 0.3) is 0 Å². The number of para-hydroxylation sites is 1. The quantitative estimate of drug-likeness (QED) is 0.231. The van der Waals surface area contributed by atoms with Crippen LogP contribution in [-0.4, -0.2) is 50.2 Å². The van der Waals surface area contributed by atoms with E-state index in [4.69, 9.17) is 32.7 Å². The zero-order valence-electron chi connectivity index (χ0n) is 18.0. The number of methoxy groups -OCH3 is 1. The summed E-state index contributed by atoms with van der Waals surface area (Å²) in [5.41, 5.74) is 0.570. The van der Waals surface area contributed by atoms with Gasteiger partial charge in [0.05, 0.1) is 24.3 Å². The van der Waals surface area contributed by atoms with Gasteiger partial charge in [0.2, 0.25) is 0 Å². The third-order valence-corrected chi connectivity index (χ3v) is 5.19. The molecule has 3 N–H and O–H groups in total. The van der Waals surface area contributed by atoms with Gasteiger partial charge in [-0.25, -0.2) is 4.79 Å². The molecule has 0 bridgehead atoms. The number of anilines is 1. The summed E-state index contributed by atoms with van der Waals surface area (Å²) in [6.45, 7) is 2.83. The number of benzene rings is 2. The summed E-state index contributed by atoms with van der Waals surface area (Å²) < 4.78 is 10.3. The molecule has 0 aliphatic rings. The molecule has 1 unspecified atom stereocenters. The van der Waals surface area contributed by atoms with Gasteiger partial charge in [0, 0.05) is 11.3 Å². The Morgan fingerprint density at radius 2 is 1.84 bits per heavy atom. The lowest BCUT2D eigenvalue weighted by molar-refractivity contribution is -0.141. The molecular weight excluding hydrogens is 479 g/mol. The number of nitrogens with one attached hydrogen (secondary N) is 2. The predicted octanol–water partition coefficient (Wildman–Crippen LogP) is 4.70.